The Labute approximate surface area is 120 Å². The second-order valence-corrected chi connectivity index (χ2v) is 3.18. The SMILES string of the molecule is O=C(O)CNc1cc(Cl)ccc1C(=O)O.[H-].[Na+]. The number of hydrogen-bond donors (Lipinski definition) is 3. The smallest absolute Gasteiger partial charge is 1.00 e. The van der Waals surface area contributed by atoms with Gasteiger partial charge in [-0.2, -0.15) is 0 Å². The van der Waals surface area contributed by atoms with E-state index in [0.29, 0.717) is 5.02 Å². The molecule has 0 aliphatic carbocycles. The zero-order valence-electron chi connectivity index (χ0n) is 9.53. The molecule has 1 aromatic rings. The molecule has 0 aliphatic heterocycles. The number of carbonyl (C=O) groups is 2. The molecule has 0 amide bonds. The van der Waals surface area contributed by atoms with Crippen molar-refractivity contribution in [3.05, 3.63) is 28.8 Å². The molecule has 5 nitrogen and oxygen atoms in total. The van der Waals surface area contributed by atoms with E-state index >= 15 is 0 Å². The first-order chi connectivity index (χ1) is 7.00. The molecule has 0 aromatic heterocycles. The number of carboxylic acid groups (broad SMARTS) is 2. The standard InChI is InChI=1S/C9H8ClNO4.Na.H/c10-5-1-2-6(9(14)15)7(3-5)11-4-8(12)13;;/h1-3,11H,4H2,(H,12,13)(H,14,15);;/q;+1;-1. The summed E-state index contributed by atoms with van der Waals surface area (Å²) in [5.74, 6) is -2.22. The topological polar surface area (TPSA) is 86.6 Å². The number of aromatic carboxylic acids is 1. The minimum absolute atomic E-state index is 0. The van der Waals surface area contributed by atoms with Gasteiger partial charge < -0.3 is 17.0 Å². The maximum atomic E-state index is 10.7. The Balaban J connectivity index is 0. The van der Waals surface area contributed by atoms with Crippen molar-refractivity contribution < 1.29 is 50.8 Å². The molecule has 82 valence electrons. The number of aliphatic carboxylic acids is 1. The molecular formula is C9H9ClNNaO4. The molecule has 0 saturated carbocycles. The second-order valence-electron chi connectivity index (χ2n) is 2.74. The molecule has 0 radical (unpaired) electrons. The number of nitrogens with one attached hydrogen (secondary N) is 1. The first kappa shape index (κ1) is 15.2. The molecule has 0 spiro atoms. The fourth-order valence-corrected chi connectivity index (χ4v) is 1.19. The number of benzene rings is 1. The van der Waals surface area contributed by atoms with Crippen LogP contribution in [0.4, 0.5) is 5.69 Å². The Morgan fingerprint density at radius 2 is 2.00 bits per heavy atom. The summed E-state index contributed by atoms with van der Waals surface area (Å²) in [7, 11) is 0. The molecule has 1 rings (SSSR count). The molecule has 0 bridgehead atoms. The van der Waals surface area contributed by atoms with Gasteiger partial charge in [0.2, 0.25) is 0 Å². The molecule has 0 unspecified atom stereocenters. The van der Waals surface area contributed by atoms with Crippen molar-refractivity contribution in [1.29, 1.82) is 0 Å². The predicted molar refractivity (Wildman–Crippen MR) is 55.6 cm³/mol. The normalized spacial score (nSPS) is 9.06. The van der Waals surface area contributed by atoms with Gasteiger partial charge in [-0.1, -0.05) is 11.6 Å². The minimum Gasteiger partial charge on any atom is -1.00 e. The third-order valence-corrected chi connectivity index (χ3v) is 1.88. The zero-order valence-corrected chi connectivity index (χ0v) is 11.3. The van der Waals surface area contributed by atoms with Gasteiger partial charge in [0.1, 0.15) is 6.54 Å². The van der Waals surface area contributed by atoms with Crippen molar-refractivity contribution in [3.63, 3.8) is 0 Å². The number of anilines is 1. The van der Waals surface area contributed by atoms with Crippen LogP contribution in [-0.4, -0.2) is 28.7 Å². The molecule has 16 heavy (non-hydrogen) atoms. The predicted octanol–water partition coefficient (Wildman–Crippen LogP) is -1.35. The van der Waals surface area contributed by atoms with E-state index in [1.165, 1.54) is 18.2 Å². The molecule has 7 heteroatoms. The summed E-state index contributed by atoms with van der Waals surface area (Å²) in [6.07, 6.45) is 0. The third-order valence-electron chi connectivity index (χ3n) is 1.64. The van der Waals surface area contributed by atoms with Crippen molar-refractivity contribution in [1.82, 2.24) is 0 Å². The van der Waals surface area contributed by atoms with Crippen molar-refractivity contribution in [2.45, 2.75) is 0 Å². The maximum Gasteiger partial charge on any atom is 1.00 e. The summed E-state index contributed by atoms with van der Waals surface area (Å²) in [6, 6.07) is 4.11. The largest absolute Gasteiger partial charge is 1.00 e. The van der Waals surface area contributed by atoms with Gasteiger partial charge in [-0.3, -0.25) is 4.79 Å². The van der Waals surface area contributed by atoms with Crippen LogP contribution in [0.3, 0.4) is 0 Å². The molecule has 0 atom stereocenters. The van der Waals surface area contributed by atoms with Crippen molar-refractivity contribution >= 4 is 29.2 Å². The van der Waals surface area contributed by atoms with E-state index < -0.39 is 11.9 Å². The number of halogens is 1. The van der Waals surface area contributed by atoms with Crippen molar-refractivity contribution in [2.75, 3.05) is 11.9 Å². The zero-order chi connectivity index (χ0) is 11.4. The van der Waals surface area contributed by atoms with Gasteiger partial charge in [-0.15, -0.1) is 0 Å². The van der Waals surface area contributed by atoms with Crippen molar-refractivity contribution in [2.24, 2.45) is 0 Å². The summed E-state index contributed by atoms with van der Waals surface area (Å²) in [4.78, 5) is 21.0. The van der Waals surface area contributed by atoms with E-state index in [2.05, 4.69) is 5.32 Å². The van der Waals surface area contributed by atoms with Crippen LogP contribution in [0.5, 0.6) is 0 Å². The average Bonchev–Trinajstić information content (AvgIpc) is 2.14. The van der Waals surface area contributed by atoms with E-state index in [4.69, 9.17) is 21.8 Å². The van der Waals surface area contributed by atoms with Gasteiger partial charge in [-0.05, 0) is 18.2 Å². The van der Waals surface area contributed by atoms with E-state index in [9.17, 15) is 9.59 Å². The van der Waals surface area contributed by atoms with Crippen LogP contribution < -0.4 is 34.9 Å². The first-order valence-corrected chi connectivity index (χ1v) is 4.37. The van der Waals surface area contributed by atoms with Gasteiger partial charge in [0.15, 0.2) is 0 Å². The Morgan fingerprint density at radius 3 is 2.50 bits per heavy atom. The Morgan fingerprint density at radius 1 is 1.38 bits per heavy atom. The Kier molecular flexibility index (Phi) is 6.43. The molecular weight excluding hydrogens is 245 g/mol. The van der Waals surface area contributed by atoms with Gasteiger partial charge in [-0.25, -0.2) is 4.79 Å². The quantitative estimate of drug-likeness (QED) is 0.578. The first-order valence-electron chi connectivity index (χ1n) is 3.99. The van der Waals surface area contributed by atoms with Crippen LogP contribution in [0.1, 0.15) is 11.8 Å². The van der Waals surface area contributed by atoms with Crippen LogP contribution in [0.15, 0.2) is 18.2 Å². The molecule has 0 aliphatic rings. The maximum absolute atomic E-state index is 10.7. The van der Waals surface area contributed by atoms with E-state index in [1.807, 2.05) is 0 Å². The minimum atomic E-state index is -1.14. The average molecular weight is 254 g/mol. The molecule has 0 fully saturated rings. The molecule has 0 saturated heterocycles. The van der Waals surface area contributed by atoms with Gasteiger partial charge in [0.25, 0.3) is 0 Å². The number of hydrogen-bond acceptors (Lipinski definition) is 3. The van der Waals surface area contributed by atoms with E-state index in [1.54, 1.807) is 0 Å². The summed E-state index contributed by atoms with van der Waals surface area (Å²) >= 11 is 5.66. The molecule has 1 aromatic carbocycles. The van der Waals surface area contributed by atoms with Crippen LogP contribution in [-0.2, 0) is 4.79 Å². The molecule has 0 heterocycles. The summed E-state index contributed by atoms with van der Waals surface area (Å²) < 4.78 is 0. The van der Waals surface area contributed by atoms with Gasteiger partial charge in [0, 0.05) is 5.02 Å². The monoisotopic (exact) mass is 253 g/mol. The van der Waals surface area contributed by atoms with E-state index in [-0.39, 0.29) is 48.8 Å². The van der Waals surface area contributed by atoms with Crippen LogP contribution in [0.25, 0.3) is 0 Å². The summed E-state index contributed by atoms with van der Waals surface area (Å²) in [6.45, 7) is -0.360. The van der Waals surface area contributed by atoms with E-state index in [0.717, 1.165) is 0 Å². The fraction of sp³-hybridized carbons (Fsp3) is 0.111. The van der Waals surface area contributed by atoms with Gasteiger partial charge >= 0.3 is 41.5 Å². The van der Waals surface area contributed by atoms with Crippen molar-refractivity contribution in [3.8, 4) is 0 Å². The van der Waals surface area contributed by atoms with Crippen LogP contribution in [0, 0.1) is 0 Å². The number of rotatable bonds is 4. The fourth-order valence-electron chi connectivity index (χ4n) is 1.02. The van der Waals surface area contributed by atoms with Crippen LogP contribution in [0.2, 0.25) is 5.02 Å². The summed E-state index contributed by atoms with van der Waals surface area (Å²) in [5.41, 5.74) is 0.179. The van der Waals surface area contributed by atoms with Gasteiger partial charge in [0.05, 0.1) is 11.3 Å². The second kappa shape index (κ2) is 6.75. The Hall–Kier alpha value is -0.750. The number of carboxylic acids is 2. The van der Waals surface area contributed by atoms with Crippen LogP contribution >= 0.6 is 11.6 Å². The molecule has 3 N–H and O–H groups in total. The summed E-state index contributed by atoms with van der Waals surface area (Å²) in [5, 5.41) is 20.0. The Bertz CT molecular complexity index is 416. The third kappa shape index (κ3) is 4.40.